The Hall–Kier alpha value is -4.19. The number of hydrogen-bond donors (Lipinski definition) is 1. The molecule has 0 radical (unpaired) electrons. The molecule has 4 aliphatic rings. The minimum atomic E-state index is -0.353. The number of carbonyl (C=O) groups is 1. The van der Waals surface area contributed by atoms with E-state index in [0.717, 1.165) is 71.0 Å². The third kappa shape index (κ3) is 8.06. The number of allylic oxidation sites excluding steroid dienone is 11. The lowest BCUT2D eigenvalue weighted by Gasteiger charge is -2.34. The molecule has 1 aromatic carbocycles. The zero-order valence-corrected chi connectivity index (χ0v) is 31.7. The van der Waals surface area contributed by atoms with Crippen LogP contribution in [0.25, 0.3) is 5.57 Å². The highest BCUT2D eigenvalue weighted by Crippen LogP contribution is 2.44. The molecule has 0 bridgehead atoms. The van der Waals surface area contributed by atoms with Gasteiger partial charge >= 0.3 is 0 Å². The maximum atomic E-state index is 13.7. The zero-order valence-electron chi connectivity index (χ0n) is 31.7. The van der Waals surface area contributed by atoms with Gasteiger partial charge in [0.25, 0.3) is 0 Å². The van der Waals surface area contributed by atoms with E-state index in [9.17, 15) is 9.90 Å². The van der Waals surface area contributed by atoms with Gasteiger partial charge in [0.1, 0.15) is 40.6 Å². The Morgan fingerprint density at radius 1 is 0.840 bits per heavy atom. The smallest absolute Gasteiger partial charge is 0.200 e. The number of benzene rings is 1. The third-order valence-corrected chi connectivity index (χ3v) is 10.1. The van der Waals surface area contributed by atoms with Crippen LogP contribution < -0.4 is 9.47 Å². The molecule has 1 aromatic rings. The summed E-state index contributed by atoms with van der Waals surface area (Å²) >= 11 is 0. The summed E-state index contributed by atoms with van der Waals surface area (Å²) in [5, 5.41) is 11.4. The summed E-state index contributed by atoms with van der Waals surface area (Å²) in [4.78, 5) is 13.7. The Bertz CT molecular complexity index is 1730. The molecule has 2 aliphatic carbocycles. The summed E-state index contributed by atoms with van der Waals surface area (Å²) in [7, 11) is 0. The van der Waals surface area contributed by atoms with Gasteiger partial charge < -0.3 is 24.1 Å². The van der Waals surface area contributed by atoms with Crippen molar-refractivity contribution in [2.24, 2.45) is 22.7 Å². The summed E-state index contributed by atoms with van der Waals surface area (Å²) < 4.78 is 25.2. The second-order valence-electron chi connectivity index (χ2n) is 15.9. The normalized spacial score (nSPS) is 20.7. The van der Waals surface area contributed by atoms with E-state index >= 15 is 0 Å². The molecule has 268 valence electrons. The second kappa shape index (κ2) is 15.0. The van der Waals surface area contributed by atoms with Crippen LogP contribution in [-0.4, -0.2) is 30.2 Å². The van der Waals surface area contributed by atoms with Crippen molar-refractivity contribution in [2.75, 3.05) is 13.2 Å². The van der Waals surface area contributed by atoms with Gasteiger partial charge in [-0.25, -0.2) is 0 Å². The van der Waals surface area contributed by atoms with Gasteiger partial charge in [-0.3, -0.25) is 4.79 Å². The Balaban J connectivity index is 1.48. The van der Waals surface area contributed by atoms with Gasteiger partial charge in [0, 0.05) is 34.1 Å². The van der Waals surface area contributed by atoms with Crippen LogP contribution in [0.5, 0.6) is 11.5 Å². The minimum Gasteiger partial charge on any atom is -0.506 e. The Kier molecular flexibility index (Phi) is 11.1. The summed E-state index contributed by atoms with van der Waals surface area (Å²) in [6, 6.07) is 5.84. The van der Waals surface area contributed by atoms with Crippen molar-refractivity contribution in [1.29, 1.82) is 0 Å². The monoisotopic (exact) mass is 680 g/mol. The molecular formula is C44H56O6. The molecule has 1 unspecified atom stereocenters. The van der Waals surface area contributed by atoms with Crippen molar-refractivity contribution in [3.63, 3.8) is 0 Å². The summed E-state index contributed by atoms with van der Waals surface area (Å²) in [5.41, 5.74) is 3.44. The van der Waals surface area contributed by atoms with Crippen LogP contribution in [-0.2, 0) is 14.3 Å². The molecular weight excluding hydrogens is 624 g/mol. The quantitative estimate of drug-likeness (QED) is 0.222. The number of carbonyl (C=O) groups excluding carboxylic acids is 1. The molecule has 50 heavy (non-hydrogen) atoms. The zero-order chi connectivity index (χ0) is 36.4. The predicted octanol–water partition coefficient (Wildman–Crippen LogP) is 11.1. The summed E-state index contributed by atoms with van der Waals surface area (Å²) in [6.07, 6.45) is 17.4. The number of hydrogen-bond acceptors (Lipinski definition) is 6. The average Bonchev–Trinajstić information content (AvgIpc) is 3.08. The van der Waals surface area contributed by atoms with E-state index in [0.29, 0.717) is 30.8 Å². The van der Waals surface area contributed by atoms with Crippen molar-refractivity contribution < 1.29 is 28.8 Å². The number of aliphatic hydroxyl groups excluding tert-OH is 1. The number of ether oxygens (including phenoxy) is 4. The molecule has 0 aromatic heterocycles. The number of fused-ring (bicyclic) bond motifs is 2. The first-order valence-corrected chi connectivity index (χ1v) is 18.4. The van der Waals surface area contributed by atoms with Gasteiger partial charge in [0.15, 0.2) is 0 Å². The maximum Gasteiger partial charge on any atom is 0.200 e. The van der Waals surface area contributed by atoms with E-state index in [1.54, 1.807) is 12.2 Å². The van der Waals surface area contributed by atoms with E-state index in [1.807, 2.05) is 48.6 Å². The number of rotatable bonds is 12. The van der Waals surface area contributed by atoms with Crippen LogP contribution in [0.1, 0.15) is 100 Å². The Labute approximate surface area is 299 Å². The SMILES string of the molecule is CCC(CC)COC1=CC2OC(C(C)(C)C)=CC(C=C3C(=O)C(C=C4C=C(C(C)(C)C)Oc5cc(OCC(CC)CC)ccc54)=C3O)=C2C=C1. The molecule has 2 heterocycles. The van der Waals surface area contributed by atoms with Crippen molar-refractivity contribution in [1.82, 2.24) is 0 Å². The molecule has 0 saturated heterocycles. The molecule has 5 rings (SSSR count). The summed E-state index contributed by atoms with van der Waals surface area (Å²) in [6.45, 7) is 22.6. The molecule has 1 atom stereocenters. The lowest BCUT2D eigenvalue weighted by Crippen LogP contribution is -2.27. The standard InChI is InChI=1S/C44H56O6/c1-11-27(12-2)25-47-31-15-17-33-29(21-39(43(5,6)7)49-37(33)23-31)19-35-41(45)36(42(35)46)20-30-22-40(44(8,9)10)50-38-24-32(16-18-34(30)38)48-26-28(13-3)14-4/h15-24,27-28,37,45H,11-14,25-26H2,1-10H3. The lowest BCUT2D eigenvalue weighted by atomic mass is 9.81. The van der Waals surface area contributed by atoms with Crippen LogP contribution in [0.3, 0.4) is 0 Å². The summed E-state index contributed by atoms with van der Waals surface area (Å²) in [5.74, 6) is 4.57. The largest absolute Gasteiger partial charge is 0.506 e. The average molecular weight is 681 g/mol. The van der Waals surface area contributed by atoms with Gasteiger partial charge in [-0.05, 0) is 65.5 Å². The lowest BCUT2D eigenvalue weighted by molar-refractivity contribution is -0.113. The molecule has 1 N–H and O–H groups in total. The maximum absolute atomic E-state index is 13.7. The van der Waals surface area contributed by atoms with E-state index in [2.05, 4.69) is 69.2 Å². The van der Waals surface area contributed by atoms with Gasteiger partial charge in [-0.1, -0.05) is 101 Å². The first-order valence-electron chi connectivity index (χ1n) is 18.4. The van der Waals surface area contributed by atoms with Crippen molar-refractivity contribution in [2.45, 2.75) is 101 Å². The predicted molar refractivity (Wildman–Crippen MR) is 202 cm³/mol. The van der Waals surface area contributed by atoms with Gasteiger partial charge in [0.05, 0.1) is 24.4 Å². The van der Waals surface area contributed by atoms with E-state index < -0.39 is 0 Å². The molecule has 6 nitrogen and oxygen atoms in total. The fourth-order valence-corrected chi connectivity index (χ4v) is 6.20. The first kappa shape index (κ1) is 37.1. The van der Waals surface area contributed by atoms with E-state index in [1.165, 1.54) is 0 Å². The first-order chi connectivity index (χ1) is 23.7. The van der Waals surface area contributed by atoms with Gasteiger partial charge in [-0.2, -0.15) is 0 Å². The molecule has 0 saturated carbocycles. The number of ketones is 1. The fourth-order valence-electron chi connectivity index (χ4n) is 6.20. The highest BCUT2D eigenvalue weighted by atomic mass is 16.5. The van der Waals surface area contributed by atoms with Crippen molar-refractivity contribution in [3.8, 4) is 11.5 Å². The fraction of sp³-hybridized carbons (Fsp3) is 0.477. The van der Waals surface area contributed by atoms with Crippen LogP contribution in [0, 0.1) is 22.7 Å². The molecule has 2 aliphatic heterocycles. The minimum absolute atomic E-state index is 0.0160. The van der Waals surface area contributed by atoms with Crippen LogP contribution in [0.2, 0.25) is 0 Å². The topological polar surface area (TPSA) is 74.2 Å². The number of Topliss-reactive ketones (excluding diaryl/α,β-unsaturated/α-hetero) is 1. The molecule has 0 amide bonds. The highest BCUT2D eigenvalue weighted by Gasteiger charge is 2.36. The molecule has 0 spiro atoms. The number of aliphatic hydroxyl groups is 1. The Morgan fingerprint density at radius 3 is 2.08 bits per heavy atom. The van der Waals surface area contributed by atoms with Gasteiger partial charge in [-0.15, -0.1) is 0 Å². The van der Waals surface area contributed by atoms with E-state index in [-0.39, 0.29) is 39.6 Å². The van der Waals surface area contributed by atoms with Crippen LogP contribution in [0.4, 0.5) is 0 Å². The van der Waals surface area contributed by atoms with Crippen molar-refractivity contribution in [3.05, 3.63) is 112 Å². The Morgan fingerprint density at radius 2 is 1.48 bits per heavy atom. The molecule has 0 fully saturated rings. The van der Waals surface area contributed by atoms with Crippen LogP contribution in [0.15, 0.2) is 106 Å². The van der Waals surface area contributed by atoms with Crippen molar-refractivity contribution >= 4 is 11.4 Å². The second-order valence-corrected chi connectivity index (χ2v) is 15.9. The van der Waals surface area contributed by atoms with Gasteiger partial charge in [0.2, 0.25) is 5.78 Å². The van der Waals surface area contributed by atoms with Crippen LogP contribution >= 0.6 is 0 Å². The third-order valence-electron chi connectivity index (χ3n) is 10.1. The molecule has 6 heteroatoms. The van der Waals surface area contributed by atoms with E-state index in [4.69, 9.17) is 18.9 Å². The highest BCUT2D eigenvalue weighted by molar-refractivity contribution is 6.22.